The van der Waals surface area contributed by atoms with Crippen molar-refractivity contribution in [3.63, 3.8) is 0 Å². The standard InChI is InChI=1S/C17H23FN2O3/c1-17(2,3)23-16(22)19-9-8-15(21)20-14-7-5-11-4-6-12(18)10-13(11)14/h4,6,10,14H,5,7-9H2,1-3H3,(H,19,22)(H,20,21). The van der Waals surface area contributed by atoms with Crippen molar-refractivity contribution in [1.29, 1.82) is 0 Å². The number of amides is 2. The van der Waals surface area contributed by atoms with Crippen molar-refractivity contribution in [2.45, 2.75) is 51.7 Å². The maximum absolute atomic E-state index is 13.3. The van der Waals surface area contributed by atoms with Crippen molar-refractivity contribution < 1.29 is 18.7 Å². The Labute approximate surface area is 135 Å². The first kappa shape index (κ1) is 17.2. The second-order valence-corrected chi connectivity index (χ2v) is 6.68. The number of ether oxygens (including phenoxy) is 1. The fourth-order valence-electron chi connectivity index (χ4n) is 2.58. The quantitative estimate of drug-likeness (QED) is 0.896. The molecule has 5 nitrogen and oxygen atoms in total. The Hall–Kier alpha value is -2.11. The molecule has 1 aliphatic rings. The number of alkyl carbamates (subject to hydrolysis) is 1. The molecule has 2 N–H and O–H groups in total. The monoisotopic (exact) mass is 322 g/mol. The summed E-state index contributed by atoms with van der Waals surface area (Å²) in [5.74, 6) is -0.473. The molecule has 23 heavy (non-hydrogen) atoms. The van der Waals surface area contributed by atoms with Gasteiger partial charge in [-0.2, -0.15) is 0 Å². The molecule has 126 valence electrons. The number of aryl methyl sites for hydroxylation is 1. The van der Waals surface area contributed by atoms with E-state index in [4.69, 9.17) is 4.74 Å². The largest absolute Gasteiger partial charge is 0.444 e. The smallest absolute Gasteiger partial charge is 0.407 e. The molecule has 0 spiro atoms. The molecule has 0 fully saturated rings. The van der Waals surface area contributed by atoms with Gasteiger partial charge in [0.25, 0.3) is 0 Å². The first-order valence-corrected chi connectivity index (χ1v) is 7.79. The Morgan fingerprint density at radius 1 is 1.35 bits per heavy atom. The lowest BCUT2D eigenvalue weighted by Gasteiger charge is -2.19. The van der Waals surface area contributed by atoms with Crippen LogP contribution >= 0.6 is 0 Å². The van der Waals surface area contributed by atoms with E-state index in [-0.39, 0.29) is 30.7 Å². The van der Waals surface area contributed by atoms with Crippen LogP contribution < -0.4 is 10.6 Å². The number of fused-ring (bicyclic) bond motifs is 1. The number of hydrogen-bond donors (Lipinski definition) is 2. The summed E-state index contributed by atoms with van der Waals surface area (Å²) >= 11 is 0. The summed E-state index contributed by atoms with van der Waals surface area (Å²) in [5, 5.41) is 5.43. The van der Waals surface area contributed by atoms with Crippen molar-refractivity contribution in [2.75, 3.05) is 6.54 Å². The van der Waals surface area contributed by atoms with Crippen LogP contribution in [0.25, 0.3) is 0 Å². The molecule has 1 unspecified atom stereocenters. The number of carbonyl (C=O) groups is 2. The van der Waals surface area contributed by atoms with Gasteiger partial charge in [0.2, 0.25) is 5.91 Å². The van der Waals surface area contributed by atoms with Gasteiger partial charge in [0.1, 0.15) is 11.4 Å². The van der Waals surface area contributed by atoms with Gasteiger partial charge in [-0.15, -0.1) is 0 Å². The molecule has 2 rings (SSSR count). The third-order valence-electron chi connectivity index (χ3n) is 3.54. The molecule has 2 amide bonds. The molecule has 0 radical (unpaired) electrons. The van der Waals surface area contributed by atoms with Crippen LogP contribution in [0.15, 0.2) is 18.2 Å². The van der Waals surface area contributed by atoms with Crippen LogP contribution in [-0.4, -0.2) is 24.1 Å². The summed E-state index contributed by atoms with van der Waals surface area (Å²) in [6.45, 7) is 5.52. The molecular weight excluding hydrogens is 299 g/mol. The third kappa shape index (κ3) is 5.23. The van der Waals surface area contributed by atoms with Crippen molar-refractivity contribution in [3.05, 3.63) is 35.1 Å². The summed E-state index contributed by atoms with van der Waals surface area (Å²) in [6, 6.07) is 4.52. The topological polar surface area (TPSA) is 67.4 Å². The van der Waals surface area contributed by atoms with E-state index in [1.165, 1.54) is 12.1 Å². The van der Waals surface area contributed by atoms with Gasteiger partial charge in [0.15, 0.2) is 0 Å². The molecule has 0 bridgehead atoms. The van der Waals surface area contributed by atoms with E-state index < -0.39 is 11.7 Å². The van der Waals surface area contributed by atoms with Gasteiger partial charge in [0, 0.05) is 13.0 Å². The maximum atomic E-state index is 13.3. The van der Waals surface area contributed by atoms with Gasteiger partial charge in [0.05, 0.1) is 6.04 Å². The van der Waals surface area contributed by atoms with E-state index in [1.807, 2.05) is 0 Å². The van der Waals surface area contributed by atoms with Gasteiger partial charge < -0.3 is 15.4 Å². The van der Waals surface area contributed by atoms with Crippen molar-refractivity contribution >= 4 is 12.0 Å². The summed E-state index contributed by atoms with van der Waals surface area (Å²) < 4.78 is 18.4. The third-order valence-corrected chi connectivity index (χ3v) is 3.54. The Morgan fingerprint density at radius 2 is 2.09 bits per heavy atom. The summed E-state index contributed by atoms with van der Waals surface area (Å²) in [5.41, 5.74) is 1.35. The van der Waals surface area contributed by atoms with E-state index in [0.29, 0.717) is 0 Å². The second kappa shape index (κ2) is 6.98. The van der Waals surface area contributed by atoms with Crippen molar-refractivity contribution in [3.8, 4) is 0 Å². The van der Waals surface area contributed by atoms with E-state index in [1.54, 1.807) is 26.8 Å². The Bertz CT molecular complexity index is 596. The summed E-state index contributed by atoms with van der Waals surface area (Å²) in [7, 11) is 0. The van der Waals surface area contributed by atoms with Gasteiger partial charge in [-0.25, -0.2) is 9.18 Å². The highest BCUT2D eigenvalue weighted by Crippen LogP contribution is 2.31. The van der Waals surface area contributed by atoms with Crippen molar-refractivity contribution in [1.82, 2.24) is 10.6 Å². The molecule has 1 atom stereocenters. The molecule has 1 aromatic carbocycles. The highest BCUT2D eigenvalue weighted by molar-refractivity contribution is 5.77. The number of rotatable bonds is 4. The van der Waals surface area contributed by atoms with Crippen LogP contribution in [0.1, 0.15) is 50.8 Å². The average molecular weight is 322 g/mol. The lowest BCUT2D eigenvalue weighted by Crippen LogP contribution is -2.35. The average Bonchev–Trinajstić information content (AvgIpc) is 2.79. The number of hydrogen-bond acceptors (Lipinski definition) is 3. The first-order chi connectivity index (χ1) is 10.7. The zero-order valence-electron chi connectivity index (χ0n) is 13.7. The van der Waals surface area contributed by atoms with Gasteiger partial charge >= 0.3 is 6.09 Å². The van der Waals surface area contributed by atoms with Crippen LogP contribution in [0.3, 0.4) is 0 Å². The minimum atomic E-state index is -0.566. The molecule has 6 heteroatoms. The van der Waals surface area contributed by atoms with E-state index in [9.17, 15) is 14.0 Å². The molecule has 0 saturated carbocycles. The second-order valence-electron chi connectivity index (χ2n) is 6.68. The highest BCUT2D eigenvalue weighted by atomic mass is 19.1. The normalized spacial score (nSPS) is 16.6. The zero-order valence-corrected chi connectivity index (χ0v) is 13.7. The molecular formula is C17H23FN2O3. The van der Waals surface area contributed by atoms with E-state index in [2.05, 4.69) is 10.6 Å². The summed E-state index contributed by atoms with van der Waals surface area (Å²) in [6.07, 6.45) is 1.21. The minimum Gasteiger partial charge on any atom is -0.444 e. The maximum Gasteiger partial charge on any atom is 0.407 e. The number of halogens is 1. The number of carbonyl (C=O) groups excluding carboxylic acids is 2. The lowest BCUT2D eigenvalue weighted by molar-refractivity contribution is -0.121. The van der Waals surface area contributed by atoms with Crippen LogP contribution in [0, 0.1) is 5.82 Å². The Balaban J connectivity index is 1.77. The Morgan fingerprint density at radius 3 is 2.78 bits per heavy atom. The van der Waals surface area contributed by atoms with Crippen LogP contribution in [0.5, 0.6) is 0 Å². The first-order valence-electron chi connectivity index (χ1n) is 7.79. The van der Waals surface area contributed by atoms with Crippen LogP contribution in [-0.2, 0) is 16.0 Å². The van der Waals surface area contributed by atoms with Crippen LogP contribution in [0.2, 0.25) is 0 Å². The fourth-order valence-corrected chi connectivity index (χ4v) is 2.58. The predicted octanol–water partition coefficient (Wildman–Crippen LogP) is 2.84. The number of nitrogens with one attached hydrogen (secondary N) is 2. The molecule has 1 aromatic rings. The van der Waals surface area contributed by atoms with E-state index in [0.717, 1.165) is 24.0 Å². The number of benzene rings is 1. The van der Waals surface area contributed by atoms with Gasteiger partial charge in [-0.05, 0) is 56.9 Å². The fraction of sp³-hybridized carbons (Fsp3) is 0.529. The van der Waals surface area contributed by atoms with Crippen LogP contribution in [0.4, 0.5) is 9.18 Å². The minimum absolute atomic E-state index is 0.153. The molecule has 0 aliphatic heterocycles. The highest BCUT2D eigenvalue weighted by Gasteiger charge is 2.24. The van der Waals surface area contributed by atoms with E-state index >= 15 is 0 Å². The summed E-state index contributed by atoms with van der Waals surface area (Å²) in [4.78, 5) is 23.4. The molecule has 0 heterocycles. The van der Waals surface area contributed by atoms with Gasteiger partial charge in [-0.1, -0.05) is 6.07 Å². The van der Waals surface area contributed by atoms with Crippen molar-refractivity contribution in [2.24, 2.45) is 0 Å². The van der Waals surface area contributed by atoms with Gasteiger partial charge in [-0.3, -0.25) is 4.79 Å². The predicted molar refractivity (Wildman–Crippen MR) is 84.5 cm³/mol. The molecule has 0 saturated heterocycles. The molecule has 0 aromatic heterocycles. The Kier molecular flexibility index (Phi) is 5.23. The zero-order chi connectivity index (χ0) is 17.0. The molecule has 1 aliphatic carbocycles. The SMILES string of the molecule is CC(C)(C)OC(=O)NCCC(=O)NC1CCc2ccc(F)cc21. The lowest BCUT2D eigenvalue weighted by atomic mass is 10.1.